The van der Waals surface area contributed by atoms with Crippen LogP contribution in [0, 0.1) is 0 Å². The molecule has 0 atom stereocenters. The van der Waals surface area contributed by atoms with Crippen LogP contribution in [-0.4, -0.2) is 55.0 Å². The van der Waals surface area contributed by atoms with Gasteiger partial charge in [0.1, 0.15) is 0 Å². The standard InChI is InChI=1S/C22H28N4O/c23-19-8-9-21(20(16-19)22(27)26-10-4-5-11-26)25-14-12-24(13-15-25)17-18-6-2-1-3-7-18/h1-3,6-9,16H,4-5,10-15,17,23H2. The fourth-order valence-electron chi connectivity index (χ4n) is 4.08. The summed E-state index contributed by atoms with van der Waals surface area (Å²) in [5, 5.41) is 0. The van der Waals surface area contributed by atoms with Crippen molar-refractivity contribution in [1.29, 1.82) is 0 Å². The molecule has 142 valence electrons. The third kappa shape index (κ3) is 4.08. The second-order valence-corrected chi connectivity index (χ2v) is 7.52. The van der Waals surface area contributed by atoms with Gasteiger partial charge in [-0.2, -0.15) is 0 Å². The van der Waals surface area contributed by atoms with E-state index in [0.717, 1.165) is 69.9 Å². The number of hydrogen-bond donors (Lipinski definition) is 1. The van der Waals surface area contributed by atoms with Gasteiger partial charge in [-0.3, -0.25) is 9.69 Å². The highest BCUT2D eigenvalue weighted by Gasteiger charge is 2.26. The number of nitrogen functional groups attached to an aromatic ring is 1. The molecule has 0 bridgehead atoms. The number of carbonyl (C=O) groups excluding carboxylic acids is 1. The first-order valence-corrected chi connectivity index (χ1v) is 9.91. The Bertz CT molecular complexity index is 778. The lowest BCUT2D eigenvalue weighted by Gasteiger charge is -2.37. The van der Waals surface area contributed by atoms with Gasteiger partial charge in [0.2, 0.25) is 0 Å². The zero-order valence-corrected chi connectivity index (χ0v) is 15.8. The van der Waals surface area contributed by atoms with Gasteiger partial charge in [-0.05, 0) is 36.6 Å². The van der Waals surface area contributed by atoms with Crippen LogP contribution < -0.4 is 10.6 Å². The Kier molecular flexibility index (Phi) is 5.30. The monoisotopic (exact) mass is 364 g/mol. The largest absolute Gasteiger partial charge is 0.399 e. The Morgan fingerprint density at radius 2 is 1.59 bits per heavy atom. The van der Waals surface area contributed by atoms with Gasteiger partial charge in [0.15, 0.2) is 0 Å². The van der Waals surface area contributed by atoms with Gasteiger partial charge in [0, 0.05) is 57.2 Å². The van der Waals surface area contributed by atoms with E-state index in [-0.39, 0.29) is 5.91 Å². The zero-order valence-electron chi connectivity index (χ0n) is 15.8. The summed E-state index contributed by atoms with van der Waals surface area (Å²) in [4.78, 5) is 19.8. The van der Waals surface area contributed by atoms with Crippen molar-refractivity contribution in [3.63, 3.8) is 0 Å². The van der Waals surface area contributed by atoms with Gasteiger partial charge >= 0.3 is 0 Å². The fourth-order valence-corrected chi connectivity index (χ4v) is 4.08. The molecule has 2 aliphatic rings. The number of nitrogens with zero attached hydrogens (tertiary/aromatic N) is 3. The Hall–Kier alpha value is -2.53. The van der Waals surface area contributed by atoms with E-state index in [1.807, 2.05) is 23.1 Å². The summed E-state index contributed by atoms with van der Waals surface area (Å²) in [5.41, 5.74) is 9.80. The number of hydrogen-bond acceptors (Lipinski definition) is 4. The van der Waals surface area contributed by atoms with Crippen LogP contribution in [0.3, 0.4) is 0 Å². The van der Waals surface area contributed by atoms with Gasteiger partial charge in [-0.15, -0.1) is 0 Å². The lowest BCUT2D eigenvalue weighted by Crippen LogP contribution is -2.46. The molecule has 4 rings (SSSR count). The van der Waals surface area contributed by atoms with Crippen LogP contribution in [0.5, 0.6) is 0 Å². The maximum Gasteiger partial charge on any atom is 0.256 e. The SMILES string of the molecule is Nc1ccc(N2CCN(Cc3ccccc3)CC2)c(C(=O)N2CCCC2)c1. The second kappa shape index (κ2) is 8.01. The number of anilines is 2. The number of benzene rings is 2. The van der Waals surface area contributed by atoms with Crippen molar-refractivity contribution in [3.8, 4) is 0 Å². The quantitative estimate of drug-likeness (QED) is 0.848. The Morgan fingerprint density at radius 3 is 2.30 bits per heavy atom. The van der Waals surface area contributed by atoms with E-state index in [1.165, 1.54) is 5.56 Å². The van der Waals surface area contributed by atoms with Gasteiger partial charge < -0.3 is 15.5 Å². The molecule has 0 saturated carbocycles. The van der Waals surface area contributed by atoms with E-state index >= 15 is 0 Å². The maximum absolute atomic E-state index is 13.0. The van der Waals surface area contributed by atoms with Gasteiger partial charge in [-0.25, -0.2) is 0 Å². The van der Waals surface area contributed by atoms with Crippen molar-refractivity contribution in [2.75, 3.05) is 49.9 Å². The molecule has 0 unspecified atom stereocenters. The lowest BCUT2D eigenvalue weighted by atomic mass is 10.1. The van der Waals surface area contributed by atoms with E-state index in [9.17, 15) is 4.79 Å². The molecule has 2 aromatic rings. The summed E-state index contributed by atoms with van der Waals surface area (Å²) in [6.45, 7) is 6.55. The first-order valence-electron chi connectivity index (χ1n) is 9.91. The van der Waals surface area contributed by atoms with Gasteiger partial charge in [0.05, 0.1) is 5.56 Å². The third-order valence-corrected chi connectivity index (χ3v) is 5.61. The molecule has 0 radical (unpaired) electrons. The molecule has 0 aromatic heterocycles. The minimum absolute atomic E-state index is 0.126. The number of piperazine rings is 1. The molecule has 0 aliphatic carbocycles. The van der Waals surface area contributed by atoms with E-state index in [4.69, 9.17) is 5.73 Å². The fraction of sp³-hybridized carbons (Fsp3) is 0.409. The maximum atomic E-state index is 13.0. The van der Waals surface area contributed by atoms with E-state index in [1.54, 1.807) is 0 Å². The van der Waals surface area contributed by atoms with Crippen LogP contribution in [0.2, 0.25) is 0 Å². The normalized spacial score (nSPS) is 18.1. The van der Waals surface area contributed by atoms with Crippen molar-refractivity contribution in [2.45, 2.75) is 19.4 Å². The number of carbonyl (C=O) groups is 1. The molecule has 2 fully saturated rings. The summed E-state index contributed by atoms with van der Waals surface area (Å²) in [7, 11) is 0. The number of nitrogens with two attached hydrogens (primary N) is 1. The van der Waals surface area contributed by atoms with Crippen LogP contribution in [0.4, 0.5) is 11.4 Å². The molecule has 2 N–H and O–H groups in total. The highest BCUT2D eigenvalue weighted by molar-refractivity contribution is 6.01. The Labute approximate surface area is 161 Å². The molecular weight excluding hydrogens is 336 g/mol. The minimum Gasteiger partial charge on any atom is -0.399 e. The highest BCUT2D eigenvalue weighted by Crippen LogP contribution is 2.27. The van der Waals surface area contributed by atoms with E-state index in [0.29, 0.717) is 5.69 Å². The molecule has 2 aliphatic heterocycles. The van der Waals surface area contributed by atoms with E-state index < -0.39 is 0 Å². The molecule has 1 amide bonds. The zero-order chi connectivity index (χ0) is 18.6. The van der Waals surface area contributed by atoms with Crippen molar-refractivity contribution >= 4 is 17.3 Å². The minimum atomic E-state index is 0.126. The van der Waals surface area contributed by atoms with Crippen LogP contribution in [0.1, 0.15) is 28.8 Å². The van der Waals surface area contributed by atoms with Gasteiger partial charge in [-0.1, -0.05) is 30.3 Å². The number of likely N-dealkylation sites (tertiary alicyclic amines) is 1. The summed E-state index contributed by atoms with van der Waals surface area (Å²) in [6.07, 6.45) is 2.20. The smallest absolute Gasteiger partial charge is 0.256 e. The lowest BCUT2D eigenvalue weighted by molar-refractivity contribution is 0.0793. The number of amides is 1. The van der Waals surface area contributed by atoms with E-state index in [2.05, 4.69) is 40.1 Å². The average Bonchev–Trinajstić information content (AvgIpc) is 3.24. The third-order valence-electron chi connectivity index (χ3n) is 5.61. The molecule has 27 heavy (non-hydrogen) atoms. The summed E-state index contributed by atoms with van der Waals surface area (Å²) < 4.78 is 0. The number of rotatable bonds is 4. The summed E-state index contributed by atoms with van der Waals surface area (Å²) in [6, 6.07) is 16.4. The summed E-state index contributed by atoms with van der Waals surface area (Å²) >= 11 is 0. The molecule has 2 aromatic carbocycles. The predicted molar refractivity (Wildman–Crippen MR) is 110 cm³/mol. The van der Waals surface area contributed by atoms with Crippen LogP contribution in [-0.2, 0) is 6.54 Å². The predicted octanol–water partition coefficient (Wildman–Crippen LogP) is 2.83. The molecule has 2 saturated heterocycles. The Morgan fingerprint density at radius 1 is 0.889 bits per heavy atom. The van der Waals surface area contributed by atoms with Crippen LogP contribution >= 0.6 is 0 Å². The van der Waals surface area contributed by atoms with Crippen molar-refractivity contribution in [1.82, 2.24) is 9.80 Å². The topological polar surface area (TPSA) is 52.8 Å². The molecule has 2 heterocycles. The molecule has 5 nitrogen and oxygen atoms in total. The molecular formula is C22H28N4O. The second-order valence-electron chi connectivity index (χ2n) is 7.52. The average molecular weight is 364 g/mol. The summed E-state index contributed by atoms with van der Waals surface area (Å²) in [5.74, 6) is 0.126. The van der Waals surface area contributed by atoms with Crippen molar-refractivity contribution < 1.29 is 4.79 Å². The molecule has 5 heteroatoms. The highest BCUT2D eigenvalue weighted by atomic mass is 16.2. The first-order chi connectivity index (χ1) is 13.2. The van der Waals surface area contributed by atoms with Crippen molar-refractivity contribution in [2.24, 2.45) is 0 Å². The Balaban J connectivity index is 1.45. The first kappa shape index (κ1) is 17.9. The van der Waals surface area contributed by atoms with Crippen LogP contribution in [0.25, 0.3) is 0 Å². The van der Waals surface area contributed by atoms with Gasteiger partial charge in [0.25, 0.3) is 5.91 Å². The van der Waals surface area contributed by atoms with Crippen LogP contribution in [0.15, 0.2) is 48.5 Å². The van der Waals surface area contributed by atoms with Crippen molar-refractivity contribution in [3.05, 3.63) is 59.7 Å². The molecule has 0 spiro atoms.